The topological polar surface area (TPSA) is 41.6 Å². The molecule has 0 radical (unpaired) electrons. The molecule has 1 saturated carbocycles. The maximum atomic E-state index is 12.3. The average molecular weight is 316 g/mol. The summed E-state index contributed by atoms with van der Waals surface area (Å²) < 4.78 is 5.74. The molecule has 2 aliphatic rings. The lowest BCUT2D eigenvalue weighted by Gasteiger charge is -2.39. The maximum absolute atomic E-state index is 12.3. The Morgan fingerprint density at radius 2 is 1.91 bits per heavy atom. The van der Waals surface area contributed by atoms with Gasteiger partial charge >= 0.3 is 0 Å². The lowest BCUT2D eigenvalue weighted by molar-refractivity contribution is -0.131. The molecule has 3 rings (SSSR count). The van der Waals surface area contributed by atoms with Crippen LogP contribution >= 0.6 is 0 Å². The van der Waals surface area contributed by atoms with E-state index < -0.39 is 0 Å². The quantitative estimate of drug-likeness (QED) is 0.908. The SMILES string of the molecule is CN(C)CCOc1ccc(C2CC3CCCCC3C(=O)N2)cc1. The zero-order valence-electron chi connectivity index (χ0n) is 14.3. The lowest BCUT2D eigenvalue weighted by Crippen LogP contribution is -2.45. The minimum Gasteiger partial charge on any atom is -0.492 e. The third-order valence-electron chi connectivity index (χ3n) is 5.19. The van der Waals surface area contributed by atoms with Crippen molar-refractivity contribution in [1.82, 2.24) is 10.2 Å². The first-order valence-electron chi connectivity index (χ1n) is 8.81. The van der Waals surface area contributed by atoms with E-state index in [1.165, 1.54) is 24.8 Å². The number of hydrogen-bond acceptors (Lipinski definition) is 3. The highest BCUT2D eigenvalue weighted by Crippen LogP contribution is 2.40. The van der Waals surface area contributed by atoms with Gasteiger partial charge < -0.3 is 15.0 Å². The first-order chi connectivity index (χ1) is 11.1. The van der Waals surface area contributed by atoms with Gasteiger partial charge in [0.2, 0.25) is 5.91 Å². The zero-order valence-corrected chi connectivity index (χ0v) is 14.3. The van der Waals surface area contributed by atoms with Crippen LogP contribution in [0.4, 0.5) is 0 Å². The van der Waals surface area contributed by atoms with Crippen molar-refractivity contribution in [2.75, 3.05) is 27.2 Å². The summed E-state index contributed by atoms with van der Waals surface area (Å²) in [6, 6.07) is 8.39. The van der Waals surface area contributed by atoms with Crippen molar-refractivity contribution >= 4 is 5.91 Å². The molecule has 1 amide bonds. The van der Waals surface area contributed by atoms with Crippen LogP contribution in [-0.4, -0.2) is 38.1 Å². The Labute approximate surface area is 139 Å². The molecule has 0 aromatic heterocycles. The Hall–Kier alpha value is -1.55. The molecule has 3 atom stereocenters. The minimum atomic E-state index is 0.165. The van der Waals surface area contributed by atoms with Crippen molar-refractivity contribution in [3.05, 3.63) is 29.8 Å². The van der Waals surface area contributed by atoms with Crippen LogP contribution in [0.1, 0.15) is 43.7 Å². The number of piperidine rings is 1. The average Bonchev–Trinajstić information content (AvgIpc) is 2.55. The normalized spacial score (nSPS) is 27.4. The van der Waals surface area contributed by atoms with Crippen LogP contribution in [0.5, 0.6) is 5.75 Å². The molecule has 1 aromatic rings. The minimum absolute atomic E-state index is 0.165. The van der Waals surface area contributed by atoms with Crippen molar-refractivity contribution in [3.63, 3.8) is 0 Å². The molecule has 0 bridgehead atoms. The molecule has 1 aromatic carbocycles. The smallest absolute Gasteiger partial charge is 0.223 e. The summed E-state index contributed by atoms with van der Waals surface area (Å²) in [7, 11) is 4.08. The number of nitrogens with one attached hydrogen (secondary N) is 1. The molecule has 4 nitrogen and oxygen atoms in total. The van der Waals surface area contributed by atoms with E-state index in [2.05, 4.69) is 22.3 Å². The van der Waals surface area contributed by atoms with Crippen LogP contribution in [0.3, 0.4) is 0 Å². The first kappa shape index (κ1) is 16.3. The zero-order chi connectivity index (χ0) is 16.2. The van der Waals surface area contributed by atoms with Crippen LogP contribution in [0.2, 0.25) is 0 Å². The van der Waals surface area contributed by atoms with E-state index in [9.17, 15) is 4.79 Å². The summed E-state index contributed by atoms with van der Waals surface area (Å²) in [5.41, 5.74) is 1.20. The van der Waals surface area contributed by atoms with Crippen LogP contribution in [0.15, 0.2) is 24.3 Å². The largest absolute Gasteiger partial charge is 0.492 e. The summed E-state index contributed by atoms with van der Waals surface area (Å²) in [6.07, 6.45) is 5.84. The van der Waals surface area contributed by atoms with Gasteiger partial charge in [0.25, 0.3) is 0 Å². The van der Waals surface area contributed by atoms with E-state index in [1.54, 1.807) is 0 Å². The molecule has 126 valence electrons. The number of benzene rings is 1. The number of fused-ring (bicyclic) bond motifs is 1. The summed E-state index contributed by atoms with van der Waals surface area (Å²) in [6.45, 7) is 1.60. The second kappa shape index (κ2) is 7.35. The maximum Gasteiger partial charge on any atom is 0.223 e. The van der Waals surface area contributed by atoms with Gasteiger partial charge in [0, 0.05) is 12.5 Å². The number of carbonyl (C=O) groups excluding carboxylic acids is 1. The third-order valence-corrected chi connectivity index (χ3v) is 5.19. The van der Waals surface area contributed by atoms with E-state index in [0.717, 1.165) is 25.1 Å². The highest BCUT2D eigenvalue weighted by atomic mass is 16.5. The molecule has 1 heterocycles. The summed E-state index contributed by atoms with van der Waals surface area (Å²) in [5.74, 6) is 1.98. The van der Waals surface area contributed by atoms with Crippen LogP contribution in [-0.2, 0) is 4.79 Å². The number of carbonyl (C=O) groups is 1. The van der Waals surface area contributed by atoms with Gasteiger partial charge in [-0.1, -0.05) is 25.0 Å². The monoisotopic (exact) mass is 316 g/mol. The van der Waals surface area contributed by atoms with Crippen molar-refractivity contribution in [2.45, 2.75) is 38.1 Å². The molecule has 0 spiro atoms. The van der Waals surface area contributed by atoms with E-state index in [0.29, 0.717) is 12.5 Å². The van der Waals surface area contributed by atoms with Gasteiger partial charge in [-0.25, -0.2) is 0 Å². The van der Waals surface area contributed by atoms with Crippen molar-refractivity contribution in [1.29, 1.82) is 0 Å². The standard InChI is InChI=1S/C19H28N2O2/c1-21(2)11-12-23-16-9-7-14(8-10-16)18-13-15-5-3-4-6-17(15)19(22)20-18/h7-10,15,17-18H,3-6,11-13H2,1-2H3,(H,20,22). The second-order valence-corrected chi connectivity index (χ2v) is 7.17. The molecular formula is C19H28N2O2. The van der Waals surface area contributed by atoms with Crippen molar-refractivity contribution < 1.29 is 9.53 Å². The molecule has 2 fully saturated rings. The Bertz CT molecular complexity index is 527. The number of ether oxygens (including phenoxy) is 1. The number of nitrogens with zero attached hydrogens (tertiary/aromatic N) is 1. The van der Waals surface area contributed by atoms with E-state index in [4.69, 9.17) is 4.74 Å². The number of rotatable bonds is 5. The van der Waals surface area contributed by atoms with Crippen molar-refractivity contribution in [2.24, 2.45) is 11.8 Å². The van der Waals surface area contributed by atoms with Gasteiger partial charge in [-0.05, 0) is 57.0 Å². The summed E-state index contributed by atoms with van der Waals surface area (Å²) in [4.78, 5) is 14.4. The first-order valence-corrected chi connectivity index (χ1v) is 8.81. The Morgan fingerprint density at radius 1 is 1.17 bits per heavy atom. The predicted octanol–water partition coefficient (Wildman–Crippen LogP) is 2.99. The molecule has 1 saturated heterocycles. The number of amides is 1. The van der Waals surface area contributed by atoms with Crippen LogP contribution in [0, 0.1) is 11.8 Å². The molecular weight excluding hydrogens is 288 g/mol. The number of hydrogen-bond donors (Lipinski definition) is 1. The molecule has 23 heavy (non-hydrogen) atoms. The Balaban J connectivity index is 1.59. The number of likely N-dealkylation sites (N-methyl/N-ethyl adjacent to an activating group) is 1. The fourth-order valence-electron chi connectivity index (χ4n) is 3.84. The molecule has 1 aliphatic heterocycles. The van der Waals surface area contributed by atoms with E-state index in [1.807, 2.05) is 26.2 Å². The van der Waals surface area contributed by atoms with Gasteiger partial charge in [-0.2, -0.15) is 0 Å². The summed E-state index contributed by atoms with van der Waals surface area (Å²) in [5, 5.41) is 3.22. The summed E-state index contributed by atoms with van der Waals surface area (Å²) >= 11 is 0. The second-order valence-electron chi connectivity index (χ2n) is 7.17. The Morgan fingerprint density at radius 3 is 2.65 bits per heavy atom. The molecule has 3 unspecified atom stereocenters. The molecule has 4 heteroatoms. The molecule has 1 N–H and O–H groups in total. The van der Waals surface area contributed by atoms with Crippen LogP contribution in [0.25, 0.3) is 0 Å². The predicted molar refractivity (Wildman–Crippen MR) is 91.4 cm³/mol. The fraction of sp³-hybridized carbons (Fsp3) is 0.632. The van der Waals surface area contributed by atoms with Gasteiger partial charge in [-0.15, -0.1) is 0 Å². The molecule has 1 aliphatic carbocycles. The van der Waals surface area contributed by atoms with E-state index >= 15 is 0 Å². The highest BCUT2D eigenvalue weighted by molar-refractivity contribution is 5.80. The van der Waals surface area contributed by atoms with E-state index in [-0.39, 0.29) is 17.9 Å². The highest BCUT2D eigenvalue weighted by Gasteiger charge is 2.37. The lowest BCUT2D eigenvalue weighted by atomic mass is 9.72. The van der Waals surface area contributed by atoms with Gasteiger partial charge in [0.05, 0.1) is 6.04 Å². The third kappa shape index (κ3) is 4.05. The van der Waals surface area contributed by atoms with Gasteiger partial charge in [-0.3, -0.25) is 4.79 Å². The van der Waals surface area contributed by atoms with Gasteiger partial charge in [0.15, 0.2) is 0 Å². The Kier molecular flexibility index (Phi) is 5.21. The van der Waals surface area contributed by atoms with Gasteiger partial charge in [0.1, 0.15) is 12.4 Å². The van der Waals surface area contributed by atoms with Crippen molar-refractivity contribution in [3.8, 4) is 5.75 Å². The fourth-order valence-corrected chi connectivity index (χ4v) is 3.84. The van der Waals surface area contributed by atoms with Crippen LogP contribution < -0.4 is 10.1 Å².